The van der Waals surface area contributed by atoms with E-state index in [0.29, 0.717) is 0 Å². The van der Waals surface area contributed by atoms with E-state index in [1.54, 1.807) is 11.3 Å². The fourth-order valence-electron chi connectivity index (χ4n) is 1.69. The zero-order valence-electron chi connectivity index (χ0n) is 7.79. The van der Waals surface area contributed by atoms with Crippen molar-refractivity contribution in [2.75, 3.05) is 13.2 Å². The Morgan fingerprint density at radius 1 is 1.46 bits per heavy atom. The fourth-order valence-corrected chi connectivity index (χ4v) is 2.55. The van der Waals surface area contributed by atoms with Crippen molar-refractivity contribution in [3.05, 3.63) is 22.4 Å². The highest BCUT2D eigenvalue weighted by Crippen LogP contribution is 2.38. The van der Waals surface area contributed by atoms with E-state index in [1.807, 2.05) is 6.07 Å². The molecule has 1 aliphatic heterocycles. The lowest BCUT2D eigenvalue weighted by molar-refractivity contribution is -0.168. The summed E-state index contributed by atoms with van der Waals surface area (Å²) in [6.07, 6.45) is 2.03. The molecule has 1 fully saturated rings. The molecule has 2 nitrogen and oxygen atoms in total. The molecule has 2 rings (SSSR count). The monoisotopic (exact) mass is 198 g/mol. The molecule has 0 spiro atoms. The molecule has 1 aromatic heterocycles. The van der Waals surface area contributed by atoms with Gasteiger partial charge in [0.2, 0.25) is 5.79 Å². The Bertz CT molecular complexity index is 250. The third kappa shape index (κ3) is 1.64. The van der Waals surface area contributed by atoms with Crippen LogP contribution in [0.15, 0.2) is 17.5 Å². The molecule has 0 aromatic carbocycles. The number of rotatable bonds is 3. The number of hydrogen-bond donors (Lipinski definition) is 0. The van der Waals surface area contributed by atoms with Gasteiger partial charge in [-0.15, -0.1) is 11.3 Å². The zero-order chi connectivity index (χ0) is 9.15. The van der Waals surface area contributed by atoms with Gasteiger partial charge in [0.05, 0.1) is 18.1 Å². The highest BCUT2D eigenvalue weighted by atomic mass is 32.1. The van der Waals surface area contributed by atoms with Gasteiger partial charge in [0.1, 0.15) is 0 Å². The Kier molecular flexibility index (Phi) is 2.67. The Hall–Kier alpha value is -0.380. The summed E-state index contributed by atoms with van der Waals surface area (Å²) in [5.41, 5.74) is 0. The van der Waals surface area contributed by atoms with Crippen LogP contribution in [-0.2, 0) is 15.3 Å². The first-order valence-corrected chi connectivity index (χ1v) is 5.57. The van der Waals surface area contributed by atoms with Crippen LogP contribution in [0.2, 0.25) is 0 Å². The van der Waals surface area contributed by atoms with Crippen LogP contribution >= 0.6 is 11.3 Å². The molecule has 0 aliphatic carbocycles. The van der Waals surface area contributed by atoms with Gasteiger partial charge in [-0.05, 0) is 11.4 Å². The van der Waals surface area contributed by atoms with Crippen LogP contribution in [0, 0.1) is 0 Å². The second-order valence-corrected chi connectivity index (χ2v) is 4.12. The Labute approximate surface area is 82.5 Å². The van der Waals surface area contributed by atoms with Gasteiger partial charge in [0.25, 0.3) is 0 Å². The van der Waals surface area contributed by atoms with Crippen molar-refractivity contribution in [3.63, 3.8) is 0 Å². The molecule has 0 atom stereocenters. The highest BCUT2D eigenvalue weighted by molar-refractivity contribution is 7.10. The van der Waals surface area contributed by atoms with Crippen molar-refractivity contribution < 1.29 is 9.47 Å². The van der Waals surface area contributed by atoms with Crippen molar-refractivity contribution in [1.29, 1.82) is 0 Å². The van der Waals surface area contributed by atoms with Crippen molar-refractivity contribution >= 4 is 11.3 Å². The van der Waals surface area contributed by atoms with Crippen LogP contribution in [0.3, 0.4) is 0 Å². The maximum absolute atomic E-state index is 5.71. The molecule has 1 aliphatic rings. The molecule has 0 amide bonds. The average Bonchev–Trinajstić information content (AvgIpc) is 2.73. The molecule has 1 saturated heterocycles. The van der Waals surface area contributed by atoms with Gasteiger partial charge < -0.3 is 9.47 Å². The number of ether oxygens (including phenoxy) is 2. The van der Waals surface area contributed by atoms with Gasteiger partial charge in [-0.3, -0.25) is 0 Å². The molecule has 0 saturated carbocycles. The predicted molar refractivity (Wildman–Crippen MR) is 52.8 cm³/mol. The maximum atomic E-state index is 5.71. The standard InChI is InChI=1S/C10H14O2S/c1-2-5-10(11-6-7-12-10)9-4-3-8-13-9/h3-4,8H,2,5-7H2,1H3. The zero-order valence-corrected chi connectivity index (χ0v) is 8.60. The Morgan fingerprint density at radius 2 is 2.23 bits per heavy atom. The highest BCUT2D eigenvalue weighted by Gasteiger charge is 2.38. The van der Waals surface area contributed by atoms with E-state index in [-0.39, 0.29) is 0 Å². The fraction of sp³-hybridized carbons (Fsp3) is 0.600. The second kappa shape index (κ2) is 3.78. The van der Waals surface area contributed by atoms with Crippen LogP contribution in [-0.4, -0.2) is 13.2 Å². The molecule has 3 heteroatoms. The molecule has 0 N–H and O–H groups in total. The molecule has 2 heterocycles. The van der Waals surface area contributed by atoms with E-state index >= 15 is 0 Å². The third-order valence-electron chi connectivity index (χ3n) is 2.23. The summed E-state index contributed by atoms with van der Waals surface area (Å²) in [7, 11) is 0. The predicted octanol–water partition coefficient (Wildman–Crippen LogP) is 2.75. The Balaban J connectivity index is 2.22. The van der Waals surface area contributed by atoms with Gasteiger partial charge in [-0.25, -0.2) is 0 Å². The van der Waals surface area contributed by atoms with Crippen LogP contribution in [0.4, 0.5) is 0 Å². The van der Waals surface area contributed by atoms with Crippen LogP contribution in [0.5, 0.6) is 0 Å². The van der Waals surface area contributed by atoms with Crippen molar-refractivity contribution in [1.82, 2.24) is 0 Å². The molecule has 1 aromatic rings. The molecule has 0 unspecified atom stereocenters. The lowest BCUT2D eigenvalue weighted by Gasteiger charge is -2.25. The second-order valence-electron chi connectivity index (χ2n) is 3.18. The minimum atomic E-state index is -0.414. The van der Waals surface area contributed by atoms with Gasteiger partial charge in [-0.1, -0.05) is 19.4 Å². The van der Waals surface area contributed by atoms with Crippen molar-refractivity contribution in [2.24, 2.45) is 0 Å². The van der Waals surface area contributed by atoms with E-state index in [9.17, 15) is 0 Å². The van der Waals surface area contributed by atoms with E-state index in [0.717, 1.165) is 26.1 Å². The summed E-state index contributed by atoms with van der Waals surface area (Å²) in [5.74, 6) is -0.414. The third-order valence-corrected chi connectivity index (χ3v) is 3.22. The van der Waals surface area contributed by atoms with Crippen LogP contribution in [0.1, 0.15) is 24.6 Å². The quantitative estimate of drug-likeness (QED) is 0.743. The van der Waals surface area contributed by atoms with Gasteiger partial charge in [-0.2, -0.15) is 0 Å². The number of hydrogen-bond acceptors (Lipinski definition) is 3. The summed E-state index contributed by atoms with van der Waals surface area (Å²) in [4.78, 5) is 1.20. The largest absolute Gasteiger partial charge is 0.343 e. The average molecular weight is 198 g/mol. The first-order valence-electron chi connectivity index (χ1n) is 4.69. The van der Waals surface area contributed by atoms with Gasteiger partial charge in [0, 0.05) is 6.42 Å². The molecule has 13 heavy (non-hydrogen) atoms. The van der Waals surface area contributed by atoms with Crippen molar-refractivity contribution in [2.45, 2.75) is 25.6 Å². The minimum Gasteiger partial charge on any atom is -0.343 e. The molecular weight excluding hydrogens is 184 g/mol. The van der Waals surface area contributed by atoms with Gasteiger partial charge in [0.15, 0.2) is 0 Å². The molecule has 0 bridgehead atoms. The van der Waals surface area contributed by atoms with Crippen LogP contribution in [0.25, 0.3) is 0 Å². The molecular formula is C10H14O2S. The summed E-state index contributed by atoms with van der Waals surface area (Å²) < 4.78 is 11.4. The molecule has 72 valence electrons. The maximum Gasteiger partial charge on any atom is 0.204 e. The first kappa shape index (κ1) is 9.19. The van der Waals surface area contributed by atoms with E-state index in [1.165, 1.54) is 4.88 Å². The summed E-state index contributed by atoms with van der Waals surface area (Å²) >= 11 is 1.71. The topological polar surface area (TPSA) is 18.5 Å². The first-order chi connectivity index (χ1) is 6.37. The van der Waals surface area contributed by atoms with E-state index < -0.39 is 5.79 Å². The van der Waals surface area contributed by atoms with Crippen LogP contribution < -0.4 is 0 Å². The van der Waals surface area contributed by atoms with Crippen molar-refractivity contribution in [3.8, 4) is 0 Å². The smallest absolute Gasteiger partial charge is 0.204 e. The summed E-state index contributed by atoms with van der Waals surface area (Å²) in [6, 6.07) is 4.13. The van der Waals surface area contributed by atoms with E-state index in [2.05, 4.69) is 18.4 Å². The Morgan fingerprint density at radius 3 is 2.77 bits per heavy atom. The summed E-state index contributed by atoms with van der Waals surface area (Å²) in [6.45, 7) is 3.59. The lowest BCUT2D eigenvalue weighted by atomic mass is 10.1. The summed E-state index contributed by atoms with van der Waals surface area (Å²) in [5, 5.41) is 2.07. The molecule has 0 radical (unpaired) electrons. The number of thiophene rings is 1. The lowest BCUT2D eigenvalue weighted by Crippen LogP contribution is -2.25. The minimum absolute atomic E-state index is 0.414. The van der Waals surface area contributed by atoms with E-state index in [4.69, 9.17) is 9.47 Å². The normalized spacial score (nSPS) is 20.7. The SMILES string of the molecule is CCCC1(c2cccs2)OCCO1. The van der Waals surface area contributed by atoms with Gasteiger partial charge >= 0.3 is 0 Å².